The van der Waals surface area contributed by atoms with Crippen LogP contribution >= 0.6 is 0 Å². The Balaban J connectivity index is 0.911. The third-order valence-electron chi connectivity index (χ3n) is 14.7. The second-order valence-electron chi connectivity index (χ2n) is 18.9. The molecule has 1 aliphatic heterocycles. The molecule has 0 N–H and O–H groups in total. The molecule has 1 aliphatic carbocycles. The predicted octanol–water partition coefficient (Wildman–Crippen LogP) is 16.8. The fourth-order valence-electron chi connectivity index (χ4n) is 11.2. The van der Waals surface area contributed by atoms with Gasteiger partial charge in [-0.3, -0.25) is 0 Å². The molecule has 10 aromatic carbocycles. The van der Waals surface area contributed by atoms with Crippen molar-refractivity contribution < 1.29 is 0 Å². The number of fused-ring (bicyclic) bond motifs is 8. The number of para-hydroxylation sites is 1. The first-order valence-electron chi connectivity index (χ1n) is 24.4. The summed E-state index contributed by atoms with van der Waals surface area (Å²) in [6, 6.07) is 82.2. The minimum atomic E-state index is 0.184. The number of aryl methyl sites for hydroxylation is 1. The van der Waals surface area contributed by atoms with E-state index in [-0.39, 0.29) is 11.8 Å². The van der Waals surface area contributed by atoms with E-state index < -0.39 is 0 Å². The van der Waals surface area contributed by atoms with Crippen molar-refractivity contribution in [1.29, 1.82) is 0 Å². The molecule has 13 rings (SSSR count). The zero-order valence-corrected chi connectivity index (χ0v) is 38.6. The minimum Gasteiger partial charge on any atom is -0.309 e. The lowest BCUT2D eigenvalue weighted by Crippen LogP contribution is -2.17. The highest BCUT2D eigenvalue weighted by molar-refractivity contribution is 6.16. The van der Waals surface area contributed by atoms with Gasteiger partial charge in [0.15, 0.2) is 5.84 Å². The highest BCUT2D eigenvalue weighted by Gasteiger charge is 2.27. The molecule has 0 saturated carbocycles. The Morgan fingerprint density at radius 2 is 1.09 bits per heavy atom. The van der Waals surface area contributed by atoms with Crippen molar-refractivity contribution in [2.75, 3.05) is 0 Å². The van der Waals surface area contributed by atoms with E-state index >= 15 is 0 Å². The molecular formula is C66H49N3. The lowest BCUT2D eigenvalue weighted by atomic mass is 9.84. The van der Waals surface area contributed by atoms with Crippen LogP contribution in [-0.4, -0.2) is 16.1 Å². The van der Waals surface area contributed by atoms with Gasteiger partial charge >= 0.3 is 0 Å². The molecule has 2 heterocycles. The van der Waals surface area contributed by atoms with E-state index in [1.807, 2.05) is 0 Å². The number of hydrogen-bond acceptors (Lipinski definition) is 2. The molecule has 2 aliphatic rings. The molecule has 0 amide bonds. The molecule has 3 nitrogen and oxygen atoms in total. The number of benzene rings is 10. The van der Waals surface area contributed by atoms with Crippen LogP contribution in [0.15, 0.2) is 241 Å². The summed E-state index contributed by atoms with van der Waals surface area (Å²) >= 11 is 0. The molecule has 69 heavy (non-hydrogen) atoms. The number of aliphatic imine (C=N–C) groups is 2. The van der Waals surface area contributed by atoms with E-state index in [0.29, 0.717) is 0 Å². The van der Waals surface area contributed by atoms with Crippen molar-refractivity contribution >= 4 is 60.6 Å². The van der Waals surface area contributed by atoms with Gasteiger partial charge in [-0.1, -0.05) is 195 Å². The average molecular weight is 884 g/mol. The van der Waals surface area contributed by atoms with Crippen LogP contribution in [0.5, 0.6) is 0 Å². The molecule has 0 saturated heterocycles. The number of allylic oxidation sites excluding steroid dienone is 1. The first-order valence-corrected chi connectivity index (χ1v) is 24.4. The third-order valence-corrected chi connectivity index (χ3v) is 14.7. The van der Waals surface area contributed by atoms with Gasteiger partial charge in [-0.2, -0.15) is 0 Å². The predicted molar refractivity (Wildman–Crippen MR) is 291 cm³/mol. The van der Waals surface area contributed by atoms with Crippen molar-refractivity contribution in [3.63, 3.8) is 0 Å². The quantitative estimate of drug-likeness (QED) is 0.159. The van der Waals surface area contributed by atoms with Crippen molar-refractivity contribution in [3.8, 4) is 27.9 Å². The Bertz CT molecular complexity index is 3870. The summed E-state index contributed by atoms with van der Waals surface area (Å²) in [5.41, 5.74) is 18.1. The molecular weight excluding hydrogens is 835 g/mol. The zero-order valence-electron chi connectivity index (χ0n) is 38.6. The van der Waals surface area contributed by atoms with E-state index in [1.54, 1.807) is 0 Å². The van der Waals surface area contributed by atoms with Crippen molar-refractivity contribution in [2.45, 2.75) is 32.1 Å². The van der Waals surface area contributed by atoms with Crippen LogP contribution < -0.4 is 0 Å². The Morgan fingerprint density at radius 1 is 0.449 bits per heavy atom. The number of hydrogen-bond donors (Lipinski definition) is 0. The van der Waals surface area contributed by atoms with E-state index in [0.717, 1.165) is 58.8 Å². The molecule has 0 bridgehead atoms. The minimum absolute atomic E-state index is 0.184. The Hall–Kier alpha value is -8.40. The first kappa shape index (κ1) is 40.8. The lowest BCUT2D eigenvalue weighted by molar-refractivity contribution is 0.727. The van der Waals surface area contributed by atoms with Gasteiger partial charge in [-0.25, -0.2) is 9.98 Å². The summed E-state index contributed by atoms with van der Waals surface area (Å²) in [6.45, 7) is 2.29. The van der Waals surface area contributed by atoms with E-state index in [2.05, 4.69) is 242 Å². The van der Waals surface area contributed by atoms with E-state index in [1.165, 1.54) is 82.4 Å². The van der Waals surface area contributed by atoms with Gasteiger partial charge in [0.25, 0.3) is 0 Å². The topological polar surface area (TPSA) is 29.6 Å². The molecule has 328 valence electrons. The maximum atomic E-state index is 5.51. The van der Waals surface area contributed by atoms with E-state index in [4.69, 9.17) is 9.98 Å². The fourth-order valence-corrected chi connectivity index (χ4v) is 11.2. The summed E-state index contributed by atoms with van der Waals surface area (Å²) in [5, 5.41) is 7.51. The molecule has 0 radical (unpaired) electrons. The molecule has 3 heteroatoms. The Kier molecular flexibility index (Phi) is 10.1. The van der Waals surface area contributed by atoms with Crippen molar-refractivity contribution in [1.82, 2.24) is 4.57 Å². The average Bonchev–Trinajstić information content (AvgIpc) is 3.61. The van der Waals surface area contributed by atoms with Crippen molar-refractivity contribution in [2.24, 2.45) is 15.9 Å². The number of nitrogens with zero attached hydrogens (tertiary/aromatic N) is 3. The summed E-state index contributed by atoms with van der Waals surface area (Å²) in [6.07, 6.45) is 5.14. The molecule has 1 aromatic heterocycles. The number of aromatic nitrogens is 1. The number of rotatable bonds is 6. The summed E-state index contributed by atoms with van der Waals surface area (Å²) in [4.78, 5) is 11.0. The van der Waals surface area contributed by atoms with Crippen LogP contribution in [0.4, 0.5) is 0 Å². The van der Waals surface area contributed by atoms with E-state index in [9.17, 15) is 0 Å². The molecule has 2 atom stereocenters. The fraction of sp³-hybridized carbons (Fsp3) is 0.0909. The molecule has 2 unspecified atom stereocenters. The second-order valence-corrected chi connectivity index (χ2v) is 18.9. The number of amidine groups is 1. The highest BCUT2D eigenvalue weighted by Crippen LogP contribution is 2.46. The van der Waals surface area contributed by atoms with Crippen LogP contribution in [0.25, 0.3) is 77.0 Å². The van der Waals surface area contributed by atoms with Crippen molar-refractivity contribution in [3.05, 3.63) is 264 Å². The van der Waals surface area contributed by atoms with Gasteiger partial charge in [0.1, 0.15) is 0 Å². The van der Waals surface area contributed by atoms with Crippen LogP contribution in [0.1, 0.15) is 59.1 Å². The van der Waals surface area contributed by atoms with Crippen LogP contribution in [0.3, 0.4) is 0 Å². The molecule has 0 fully saturated rings. The van der Waals surface area contributed by atoms with Crippen LogP contribution in [0, 0.1) is 5.92 Å². The smallest absolute Gasteiger partial charge is 0.160 e. The standard InChI is InChI=1S/C66H49N3/c1-43-31-36-62(67-66(68-65(43)45-19-7-3-8-20-45)52-25-15-23-46(37-52)44-17-5-2-6-18-44)58-30-16-24-49-38-50(32-35-55(49)58)54-34-33-51-41-64-61(42-59(51)57-29-14-13-28-56(54)57)60-39-47-21-11-12-22-48(47)40-63(60)69(64)53-26-9-4-10-27-53/h2-30,32,35-43,54H,31,33-34H2,1H3/b62-36+,67-66-,68-65+. The zero-order chi connectivity index (χ0) is 45.8. The van der Waals surface area contributed by atoms with Gasteiger partial charge in [-0.05, 0) is 128 Å². The Morgan fingerprint density at radius 3 is 1.91 bits per heavy atom. The summed E-state index contributed by atoms with van der Waals surface area (Å²) in [7, 11) is 0. The van der Waals surface area contributed by atoms with Crippen LogP contribution in [0.2, 0.25) is 0 Å². The summed E-state index contributed by atoms with van der Waals surface area (Å²) < 4.78 is 2.47. The monoisotopic (exact) mass is 883 g/mol. The summed E-state index contributed by atoms with van der Waals surface area (Å²) in [5.74, 6) is 1.14. The maximum absolute atomic E-state index is 5.51. The van der Waals surface area contributed by atoms with Gasteiger partial charge in [0.05, 0.1) is 22.4 Å². The van der Waals surface area contributed by atoms with Gasteiger partial charge in [0, 0.05) is 39.4 Å². The SMILES string of the molecule is CC1C/C=C(c2cccc3cc(C4CCc5cc6c(cc5-c5ccccc54)c4cc5ccccc5cc4n6-c4ccccc4)ccc23)/N=C(c2cccc(-c3ccccc3)c2)\N=C/1c1ccccc1. The maximum Gasteiger partial charge on any atom is 0.160 e. The van der Waals surface area contributed by atoms with Gasteiger partial charge in [0.2, 0.25) is 0 Å². The lowest BCUT2D eigenvalue weighted by Gasteiger charge is -2.20. The largest absolute Gasteiger partial charge is 0.309 e. The highest BCUT2D eigenvalue weighted by atomic mass is 15.0. The van der Waals surface area contributed by atoms with Gasteiger partial charge < -0.3 is 4.57 Å². The first-order chi connectivity index (χ1) is 34.1. The third kappa shape index (κ3) is 7.30. The Labute approximate surface area is 403 Å². The van der Waals surface area contributed by atoms with Gasteiger partial charge in [-0.15, -0.1) is 0 Å². The van der Waals surface area contributed by atoms with Crippen LogP contribution in [-0.2, 0) is 6.42 Å². The normalized spacial score (nSPS) is 18.2. The molecule has 11 aromatic rings. The second kappa shape index (κ2) is 17.0. The molecule has 0 spiro atoms.